The number of nitrogens with one attached hydrogen (secondary N) is 1. The minimum atomic E-state index is -0.483. The largest absolute Gasteiger partial charge is 0.336 e. The fraction of sp³-hybridized carbons (Fsp3) is 0.118. The minimum Gasteiger partial charge on any atom is -0.336 e. The Morgan fingerprint density at radius 1 is 1.23 bits per heavy atom. The molecule has 0 aliphatic heterocycles. The first-order valence-corrected chi connectivity index (χ1v) is 6.79. The molecule has 0 atom stereocenters. The third-order valence-corrected chi connectivity index (χ3v) is 3.03. The third-order valence-electron chi connectivity index (χ3n) is 3.03. The highest BCUT2D eigenvalue weighted by Gasteiger charge is 2.08. The van der Waals surface area contributed by atoms with Gasteiger partial charge in [-0.15, -0.1) is 0 Å². The summed E-state index contributed by atoms with van der Waals surface area (Å²) in [5.74, 6) is -0.483. The van der Waals surface area contributed by atoms with E-state index in [1.807, 2.05) is 50.5 Å². The van der Waals surface area contributed by atoms with Crippen molar-refractivity contribution in [2.24, 2.45) is 12.0 Å². The molecule has 1 N–H and O–H groups in total. The number of carbonyl (C=O) groups excluding carboxylic acids is 2. The van der Waals surface area contributed by atoms with Gasteiger partial charge in [-0.1, -0.05) is 18.2 Å². The molecule has 0 radical (unpaired) electrons. The lowest BCUT2D eigenvalue weighted by Crippen LogP contribution is -2.17. The predicted molar refractivity (Wildman–Crippen MR) is 84.9 cm³/mol. The molecule has 0 bridgehead atoms. The number of carbonyl (C=O) groups is 2. The fourth-order valence-corrected chi connectivity index (χ4v) is 1.85. The van der Waals surface area contributed by atoms with Gasteiger partial charge in [-0.2, -0.15) is 0 Å². The Labute approximate surface area is 128 Å². The summed E-state index contributed by atoms with van der Waals surface area (Å²) in [6.45, 7) is 1.93. The molecule has 2 aromatic rings. The second-order valence-corrected chi connectivity index (χ2v) is 4.82. The normalized spacial score (nSPS) is 12.1. The minimum absolute atomic E-state index is 0.0367. The van der Waals surface area contributed by atoms with Gasteiger partial charge in [0.05, 0.1) is 5.57 Å². The van der Waals surface area contributed by atoms with Crippen LogP contribution in [0.4, 0.5) is 5.69 Å². The number of nitrogens with zero attached hydrogens (tertiary/aromatic N) is 2. The Balaban J connectivity index is 2.23. The van der Waals surface area contributed by atoms with E-state index < -0.39 is 5.91 Å². The Morgan fingerprint density at radius 2 is 2.05 bits per heavy atom. The van der Waals surface area contributed by atoms with Crippen LogP contribution in [-0.4, -0.2) is 16.8 Å². The van der Waals surface area contributed by atoms with E-state index in [1.54, 1.807) is 16.7 Å². The van der Waals surface area contributed by atoms with Crippen LogP contribution in [0.3, 0.4) is 0 Å². The topological polar surface area (TPSA) is 63.5 Å². The molecule has 0 unspecified atom stereocenters. The van der Waals surface area contributed by atoms with Crippen LogP contribution in [0.25, 0.3) is 0 Å². The van der Waals surface area contributed by atoms with Crippen molar-refractivity contribution in [2.45, 2.75) is 6.92 Å². The third kappa shape index (κ3) is 4.02. The van der Waals surface area contributed by atoms with Gasteiger partial charge >= 0.3 is 0 Å². The van der Waals surface area contributed by atoms with E-state index in [2.05, 4.69) is 10.3 Å². The Hall–Kier alpha value is -2.95. The molecule has 1 amide bonds. The number of pyridine rings is 1. The molecule has 22 heavy (non-hydrogen) atoms. The fourth-order valence-electron chi connectivity index (χ4n) is 1.85. The van der Waals surface area contributed by atoms with E-state index in [4.69, 9.17) is 0 Å². The van der Waals surface area contributed by atoms with E-state index in [9.17, 15) is 9.59 Å². The number of aldehydes is 1. The molecular formula is C17H17N3O2. The summed E-state index contributed by atoms with van der Waals surface area (Å²) in [4.78, 5) is 27.4. The van der Waals surface area contributed by atoms with Gasteiger partial charge in [0.1, 0.15) is 5.49 Å². The molecule has 112 valence electrons. The van der Waals surface area contributed by atoms with E-state index in [-0.39, 0.29) is 5.57 Å². The first-order valence-electron chi connectivity index (χ1n) is 6.79. The maximum Gasteiger partial charge on any atom is 0.260 e. The van der Waals surface area contributed by atoms with Crippen molar-refractivity contribution in [3.63, 3.8) is 0 Å². The summed E-state index contributed by atoms with van der Waals surface area (Å²) in [5, 5.41) is 2.68. The summed E-state index contributed by atoms with van der Waals surface area (Å²) < 4.78 is 1.79. The zero-order valence-electron chi connectivity index (χ0n) is 12.5. The number of amides is 1. The number of hydrogen-bond acceptors (Lipinski definition) is 3. The van der Waals surface area contributed by atoms with Crippen LogP contribution in [0.2, 0.25) is 0 Å². The van der Waals surface area contributed by atoms with Crippen molar-refractivity contribution in [3.05, 3.63) is 71.5 Å². The van der Waals surface area contributed by atoms with Crippen LogP contribution in [0.15, 0.2) is 65.4 Å². The highest BCUT2D eigenvalue weighted by molar-refractivity contribution is 6.16. The van der Waals surface area contributed by atoms with Crippen molar-refractivity contribution in [3.8, 4) is 0 Å². The Kier molecular flexibility index (Phi) is 5.03. The molecular weight excluding hydrogens is 278 g/mol. The first kappa shape index (κ1) is 15.4. The van der Waals surface area contributed by atoms with Crippen LogP contribution in [0, 0.1) is 6.92 Å². The van der Waals surface area contributed by atoms with Crippen molar-refractivity contribution >= 4 is 17.9 Å². The van der Waals surface area contributed by atoms with Gasteiger partial charge in [-0.25, -0.2) is 4.99 Å². The van der Waals surface area contributed by atoms with Gasteiger partial charge in [0.2, 0.25) is 0 Å². The molecule has 5 nitrogen and oxygen atoms in total. The maximum atomic E-state index is 12.1. The zero-order chi connectivity index (χ0) is 15.9. The van der Waals surface area contributed by atoms with Crippen molar-refractivity contribution in [1.29, 1.82) is 0 Å². The quantitative estimate of drug-likeness (QED) is 0.405. The molecule has 2 rings (SSSR count). The first-order chi connectivity index (χ1) is 10.6. The monoisotopic (exact) mass is 295 g/mol. The Morgan fingerprint density at radius 3 is 2.73 bits per heavy atom. The SMILES string of the molecule is Cc1cccc(NC(=O)/C(C=O)=C/N=c2ccccn2C)c1. The van der Waals surface area contributed by atoms with E-state index >= 15 is 0 Å². The van der Waals surface area contributed by atoms with E-state index in [0.29, 0.717) is 17.5 Å². The van der Waals surface area contributed by atoms with Crippen LogP contribution < -0.4 is 10.8 Å². The number of benzene rings is 1. The summed E-state index contributed by atoms with van der Waals surface area (Å²) in [5.41, 5.74) is 2.27. The van der Waals surface area contributed by atoms with Crippen LogP contribution in [0.5, 0.6) is 0 Å². The number of aromatic nitrogens is 1. The number of anilines is 1. The average Bonchev–Trinajstić information content (AvgIpc) is 2.49. The molecule has 0 aliphatic carbocycles. The number of rotatable bonds is 4. The van der Waals surface area contributed by atoms with Crippen LogP contribution in [0.1, 0.15) is 5.56 Å². The van der Waals surface area contributed by atoms with E-state index in [1.165, 1.54) is 6.20 Å². The maximum absolute atomic E-state index is 12.1. The van der Waals surface area contributed by atoms with E-state index in [0.717, 1.165) is 5.56 Å². The van der Waals surface area contributed by atoms with Gasteiger partial charge in [0.15, 0.2) is 6.29 Å². The van der Waals surface area contributed by atoms with Gasteiger partial charge in [0, 0.05) is 25.1 Å². The summed E-state index contributed by atoms with van der Waals surface area (Å²) in [7, 11) is 1.83. The second-order valence-electron chi connectivity index (χ2n) is 4.82. The molecule has 0 saturated carbocycles. The number of aryl methyl sites for hydroxylation is 2. The molecule has 5 heteroatoms. The zero-order valence-corrected chi connectivity index (χ0v) is 12.5. The van der Waals surface area contributed by atoms with Crippen molar-refractivity contribution in [1.82, 2.24) is 4.57 Å². The van der Waals surface area contributed by atoms with Gasteiger partial charge in [0.25, 0.3) is 5.91 Å². The molecule has 1 heterocycles. The lowest BCUT2D eigenvalue weighted by Gasteiger charge is -2.05. The van der Waals surface area contributed by atoms with Crippen LogP contribution >= 0.6 is 0 Å². The standard InChI is InChI=1S/C17H17N3O2/c1-13-6-5-7-15(10-13)19-17(22)14(12-21)11-18-16-8-3-4-9-20(16)2/h3-12H,1-2H3,(H,19,22)/b14-11+,18-16?. The molecule has 0 spiro atoms. The summed E-state index contributed by atoms with van der Waals surface area (Å²) in [6, 6.07) is 12.8. The molecule has 0 fully saturated rings. The Bertz CT molecular complexity index is 788. The molecule has 1 aromatic heterocycles. The second kappa shape index (κ2) is 7.17. The van der Waals surface area contributed by atoms with Crippen molar-refractivity contribution in [2.75, 3.05) is 5.32 Å². The van der Waals surface area contributed by atoms with Gasteiger partial charge in [-0.3, -0.25) is 9.59 Å². The lowest BCUT2D eigenvalue weighted by molar-refractivity contribution is -0.115. The summed E-state index contributed by atoms with van der Waals surface area (Å²) >= 11 is 0. The lowest BCUT2D eigenvalue weighted by atomic mass is 10.2. The predicted octanol–water partition coefficient (Wildman–Crippen LogP) is 1.96. The van der Waals surface area contributed by atoms with Crippen LogP contribution in [-0.2, 0) is 16.6 Å². The van der Waals surface area contributed by atoms with Crippen molar-refractivity contribution < 1.29 is 9.59 Å². The highest BCUT2D eigenvalue weighted by Crippen LogP contribution is 2.10. The smallest absolute Gasteiger partial charge is 0.260 e. The molecule has 1 aromatic carbocycles. The van der Waals surface area contributed by atoms with Gasteiger partial charge in [-0.05, 0) is 36.8 Å². The number of hydrogen-bond donors (Lipinski definition) is 1. The average molecular weight is 295 g/mol. The molecule has 0 saturated heterocycles. The highest BCUT2D eigenvalue weighted by atomic mass is 16.2. The van der Waals surface area contributed by atoms with Gasteiger partial charge < -0.3 is 9.88 Å². The summed E-state index contributed by atoms with van der Waals surface area (Å²) in [6.07, 6.45) is 3.60. The molecule has 0 aliphatic rings.